The molecule has 0 amide bonds. The number of benzene rings is 1. The fourth-order valence-electron chi connectivity index (χ4n) is 3.33. The number of hydrogen-bond acceptors (Lipinski definition) is 4. The number of fused-ring (bicyclic) bond motifs is 1. The minimum Gasteiger partial charge on any atom is -0.352 e. The molecule has 0 aliphatic heterocycles. The Balaban J connectivity index is 1.72. The molecule has 4 heterocycles. The van der Waals surface area contributed by atoms with Gasteiger partial charge in [0.1, 0.15) is 23.6 Å². The van der Waals surface area contributed by atoms with Crippen molar-refractivity contribution in [1.29, 1.82) is 0 Å². The van der Waals surface area contributed by atoms with Gasteiger partial charge in [-0.15, -0.1) is 0 Å². The number of imidazole rings is 1. The third-order valence-corrected chi connectivity index (χ3v) is 4.97. The molecule has 0 aliphatic carbocycles. The van der Waals surface area contributed by atoms with Gasteiger partial charge in [-0.25, -0.2) is 14.4 Å². The Morgan fingerprint density at radius 3 is 2.80 bits per heavy atom. The topological polar surface area (TPSA) is 91.4 Å². The summed E-state index contributed by atoms with van der Waals surface area (Å²) in [5.41, 5.74) is 1.86. The molecular weight excluding hydrogens is 407 g/mol. The minimum absolute atomic E-state index is 0.116. The third kappa shape index (κ3) is 3.13. The van der Waals surface area contributed by atoms with E-state index in [1.165, 1.54) is 18.2 Å². The summed E-state index contributed by atoms with van der Waals surface area (Å²) in [7, 11) is 0. The Hall–Kier alpha value is -3.91. The van der Waals surface area contributed by atoms with E-state index >= 15 is 0 Å². The summed E-state index contributed by atoms with van der Waals surface area (Å²) >= 11 is 6.04. The lowest BCUT2D eigenvalue weighted by molar-refractivity contribution is 0.631. The van der Waals surface area contributed by atoms with Crippen LogP contribution < -0.4 is 10.9 Å². The number of nitrogens with one attached hydrogen (secondary N) is 3. The second-order valence-corrected chi connectivity index (χ2v) is 7.03. The van der Waals surface area contributed by atoms with Gasteiger partial charge in [-0.3, -0.25) is 9.36 Å². The van der Waals surface area contributed by atoms with Crippen molar-refractivity contribution in [3.8, 4) is 16.9 Å². The number of pyridine rings is 2. The maximum atomic E-state index is 14.5. The van der Waals surface area contributed by atoms with E-state index in [1.54, 1.807) is 41.7 Å². The average molecular weight is 421 g/mol. The van der Waals surface area contributed by atoms with Crippen LogP contribution in [-0.2, 0) is 0 Å². The fourth-order valence-corrected chi connectivity index (χ4v) is 3.50. The van der Waals surface area contributed by atoms with Gasteiger partial charge < -0.3 is 15.3 Å². The fraction of sp³-hybridized carbons (Fsp3) is 0. The van der Waals surface area contributed by atoms with Crippen LogP contribution in [0.15, 0.2) is 72.3 Å². The number of aromatic amines is 2. The molecule has 30 heavy (non-hydrogen) atoms. The first-order valence-electron chi connectivity index (χ1n) is 9.00. The lowest BCUT2D eigenvalue weighted by atomic mass is 10.1. The van der Waals surface area contributed by atoms with Gasteiger partial charge >= 0.3 is 0 Å². The minimum atomic E-state index is -0.539. The van der Waals surface area contributed by atoms with E-state index in [2.05, 4.69) is 25.3 Å². The maximum absolute atomic E-state index is 14.5. The molecule has 0 atom stereocenters. The van der Waals surface area contributed by atoms with Gasteiger partial charge in [0.05, 0.1) is 16.9 Å². The lowest BCUT2D eigenvalue weighted by Gasteiger charge is -2.15. The lowest BCUT2D eigenvalue weighted by Crippen LogP contribution is -2.15. The van der Waals surface area contributed by atoms with Gasteiger partial charge in [0.15, 0.2) is 0 Å². The van der Waals surface area contributed by atoms with Crippen LogP contribution in [0.3, 0.4) is 0 Å². The maximum Gasteiger partial charge on any atom is 0.257 e. The van der Waals surface area contributed by atoms with Crippen LogP contribution in [0, 0.1) is 5.82 Å². The molecule has 7 nitrogen and oxygen atoms in total. The second-order valence-electron chi connectivity index (χ2n) is 6.59. The molecule has 5 rings (SSSR count). The van der Waals surface area contributed by atoms with Crippen molar-refractivity contribution in [3.63, 3.8) is 0 Å². The second kappa shape index (κ2) is 7.16. The Morgan fingerprint density at radius 1 is 1.07 bits per heavy atom. The first-order chi connectivity index (χ1) is 14.6. The van der Waals surface area contributed by atoms with Crippen LogP contribution in [0.4, 0.5) is 15.8 Å². The number of rotatable bonds is 4. The van der Waals surface area contributed by atoms with Gasteiger partial charge in [-0.2, -0.15) is 0 Å². The van der Waals surface area contributed by atoms with Crippen LogP contribution in [0.25, 0.3) is 28.0 Å². The first-order valence-corrected chi connectivity index (χ1v) is 9.38. The van der Waals surface area contributed by atoms with Gasteiger partial charge in [0.25, 0.3) is 5.56 Å². The zero-order valence-corrected chi connectivity index (χ0v) is 16.1. The molecule has 0 saturated carbocycles. The molecule has 4 aromatic heterocycles. The monoisotopic (exact) mass is 420 g/mol. The van der Waals surface area contributed by atoms with Crippen molar-refractivity contribution >= 4 is 34.0 Å². The molecule has 0 saturated heterocycles. The van der Waals surface area contributed by atoms with E-state index in [4.69, 9.17) is 11.6 Å². The van der Waals surface area contributed by atoms with Crippen molar-refractivity contribution in [2.45, 2.75) is 0 Å². The van der Waals surface area contributed by atoms with Crippen molar-refractivity contribution in [2.24, 2.45) is 0 Å². The van der Waals surface area contributed by atoms with E-state index in [9.17, 15) is 9.18 Å². The van der Waals surface area contributed by atoms with Crippen molar-refractivity contribution in [3.05, 3.63) is 88.7 Å². The summed E-state index contributed by atoms with van der Waals surface area (Å²) in [6.45, 7) is 0. The molecule has 5 aromatic rings. The largest absolute Gasteiger partial charge is 0.352 e. The SMILES string of the molecule is O=c1[nH]c(-n2ccnc2)c(Nc2ccnc3[nH]ccc23)cc1-c1cc(Cl)ccc1F. The molecule has 0 fully saturated rings. The van der Waals surface area contributed by atoms with Crippen molar-refractivity contribution < 1.29 is 4.39 Å². The predicted octanol–water partition coefficient (Wildman–Crippen LogP) is 4.64. The number of aromatic nitrogens is 5. The molecule has 0 bridgehead atoms. The number of halogens is 2. The molecule has 0 radical (unpaired) electrons. The van der Waals surface area contributed by atoms with Crippen molar-refractivity contribution in [1.82, 2.24) is 24.5 Å². The van der Waals surface area contributed by atoms with E-state index in [0.717, 1.165) is 16.7 Å². The highest BCUT2D eigenvalue weighted by Gasteiger charge is 2.16. The Morgan fingerprint density at radius 2 is 1.97 bits per heavy atom. The smallest absolute Gasteiger partial charge is 0.257 e. The zero-order chi connectivity index (χ0) is 20.7. The molecule has 0 spiro atoms. The Labute approximate surface area is 174 Å². The standard InChI is InChI=1S/C21H14ClFN6O/c22-12-1-2-16(23)14(9-12)15-10-18(20(28-21(15)30)29-8-7-24-11-29)27-17-4-6-26-19-13(17)3-5-25-19/h1-11H,(H,28,30)(H2,25,26,27). The average Bonchev–Trinajstić information content (AvgIpc) is 3.43. The molecule has 1 aromatic carbocycles. The van der Waals surface area contributed by atoms with Crippen LogP contribution in [0.5, 0.6) is 0 Å². The number of hydrogen-bond donors (Lipinski definition) is 3. The van der Waals surface area contributed by atoms with Gasteiger partial charge in [0.2, 0.25) is 0 Å². The van der Waals surface area contributed by atoms with Crippen LogP contribution in [0.1, 0.15) is 0 Å². The number of anilines is 2. The summed E-state index contributed by atoms with van der Waals surface area (Å²) in [5.74, 6) is -0.0765. The van der Waals surface area contributed by atoms with E-state index in [0.29, 0.717) is 16.5 Å². The van der Waals surface area contributed by atoms with Crippen LogP contribution in [-0.4, -0.2) is 24.5 Å². The highest BCUT2D eigenvalue weighted by atomic mass is 35.5. The molecule has 3 N–H and O–H groups in total. The number of H-pyrrole nitrogens is 2. The number of nitrogens with zero attached hydrogens (tertiary/aromatic N) is 3. The first kappa shape index (κ1) is 18.1. The molecule has 148 valence electrons. The predicted molar refractivity (Wildman–Crippen MR) is 114 cm³/mol. The van der Waals surface area contributed by atoms with Gasteiger partial charge in [-0.05, 0) is 36.4 Å². The van der Waals surface area contributed by atoms with Gasteiger partial charge in [-0.1, -0.05) is 11.6 Å². The quantitative estimate of drug-likeness (QED) is 0.395. The van der Waals surface area contributed by atoms with E-state index < -0.39 is 11.4 Å². The molecular formula is C21H14ClFN6O. The van der Waals surface area contributed by atoms with E-state index in [-0.39, 0.29) is 11.1 Å². The molecule has 9 heteroatoms. The summed E-state index contributed by atoms with van der Waals surface area (Å²) in [6, 6.07) is 9.41. The normalized spacial score (nSPS) is 11.1. The van der Waals surface area contributed by atoms with Crippen LogP contribution in [0.2, 0.25) is 5.02 Å². The summed E-state index contributed by atoms with van der Waals surface area (Å²) in [6.07, 6.45) is 8.33. The Bertz CT molecular complexity index is 1420. The van der Waals surface area contributed by atoms with E-state index in [1.807, 2.05) is 12.1 Å². The van der Waals surface area contributed by atoms with Crippen LogP contribution >= 0.6 is 11.6 Å². The summed E-state index contributed by atoms with van der Waals surface area (Å²) in [5, 5.41) is 4.53. The summed E-state index contributed by atoms with van der Waals surface area (Å²) in [4.78, 5) is 27.0. The van der Waals surface area contributed by atoms with Crippen molar-refractivity contribution in [2.75, 3.05) is 5.32 Å². The molecule has 0 unspecified atom stereocenters. The van der Waals surface area contributed by atoms with Gasteiger partial charge in [0, 0.05) is 40.8 Å². The highest BCUT2D eigenvalue weighted by Crippen LogP contribution is 2.31. The molecule has 0 aliphatic rings. The zero-order valence-electron chi connectivity index (χ0n) is 15.4. The summed E-state index contributed by atoms with van der Waals surface area (Å²) < 4.78 is 16.1. The Kier molecular flexibility index (Phi) is 4.33. The highest BCUT2D eigenvalue weighted by molar-refractivity contribution is 6.30. The third-order valence-electron chi connectivity index (χ3n) is 4.73.